The smallest absolute Gasteiger partial charge is 0.332 e. The van der Waals surface area contributed by atoms with Crippen LogP contribution in [0.1, 0.15) is 0 Å². The first kappa shape index (κ1) is 12.4. The van der Waals surface area contributed by atoms with Gasteiger partial charge in [0.15, 0.2) is 0 Å². The Kier molecular flexibility index (Phi) is 6.13. The van der Waals surface area contributed by atoms with Crippen LogP contribution in [0.2, 0.25) is 0 Å². The number of amides is 1. The number of esters is 1. The molecule has 0 bridgehead atoms. The summed E-state index contributed by atoms with van der Waals surface area (Å²) in [6.45, 7) is 0.724. The molecule has 6 nitrogen and oxygen atoms in total. The van der Waals surface area contributed by atoms with Crippen molar-refractivity contribution < 1.29 is 19.1 Å². The fraction of sp³-hybridized carbons (Fsp3) is 0.500. The highest BCUT2D eigenvalue weighted by atomic mass is 16.5. The van der Waals surface area contributed by atoms with E-state index >= 15 is 0 Å². The van der Waals surface area contributed by atoms with Gasteiger partial charge < -0.3 is 20.5 Å². The van der Waals surface area contributed by atoms with E-state index in [0.717, 1.165) is 6.08 Å². The first-order chi connectivity index (χ1) is 6.61. The van der Waals surface area contributed by atoms with E-state index in [1.54, 1.807) is 0 Å². The van der Waals surface area contributed by atoms with Crippen molar-refractivity contribution in [3.8, 4) is 0 Å². The molecule has 0 radical (unpaired) electrons. The molecular formula is C8H14N2O4. The highest BCUT2D eigenvalue weighted by Gasteiger charge is 2.06. The molecule has 0 aliphatic carbocycles. The normalized spacial score (nSPS) is 10.9. The van der Waals surface area contributed by atoms with Crippen LogP contribution >= 0.6 is 0 Å². The second-order valence-electron chi connectivity index (χ2n) is 2.37. The third-order valence-electron chi connectivity index (χ3n) is 1.33. The zero-order chi connectivity index (χ0) is 11.0. The quantitative estimate of drug-likeness (QED) is 0.331. The second-order valence-corrected chi connectivity index (χ2v) is 2.37. The zero-order valence-corrected chi connectivity index (χ0v) is 8.20. The Balaban J connectivity index is 3.98. The first-order valence-electron chi connectivity index (χ1n) is 3.94. The molecule has 0 aliphatic rings. The van der Waals surface area contributed by atoms with Crippen molar-refractivity contribution in [2.45, 2.75) is 0 Å². The lowest BCUT2D eigenvalue weighted by Gasteiger charge is -2.03. The number of hydrogen-bond donors (Lipinski definition) is 2. The zero-order valence-electron chi connectivity index (χ0n) is 8.20. The molecule has 6 heteroatoms. The van der Waals surface area contributed by atoms with Crippen LogP contribution in [0, 0.1) is 0 Å². The van der Waals surface area contributed by atoms with Crippen molar-refractivity contribution in [1.82, 2.24) is 5.32 Å². The first-order valence-corrected chi connectivity index (χ1v) is 3.94. The van der Waals surface area contributed by atoms with Gasteiger partial charge in [0.2, 0.25) is 0 Å². The average Bonchev–Trinajstić information content (AvgIpc) is 2.17. The van der Waals surface area contributed by atoms with Crippen LogP contribution in [0.4, 0.5) is 0 Å². The van der Waals surface area contributed by atoms with Gasteiger partial charge in [0, 0.05) is 13.7 Å². The van der Waals surface area contributed by atoms with Gasteiger partial charge in [-0.2, -0.15) is 0 Å². The maximum atomic E-state index is 11.1. The number of ether oxygens (including phenoxy) is 2. The standard InChI is InChI=1S/C8H14N2O4/c1-13-4-3-10-8(12)6(9)5-7(11)14-2/h5H,3-4,9H2,1-2H3,(H,10,12)/b6-5-. The van der Waals surface area contributed by atoms with E-state index in [0.29, 0.717) is 13.2 Å². The molecule has 0 aromatic heterocycles. The third-order valence-corrected chi connectivity index (χ3v) is 1.33. The van der Waals surface area contributed by atoms with Crippen LogP contribution in [0.15, 0.2) is 11.8 Å². The number of rotatable bonds is 5. The molecule has 0 aromatic carbocycles. The number of nitrogens with one attached hydrogen (secondary N) is 1. The minimum Gasteiger partial charge on any atom is -0.466 e. The fourth-order valence-electron chi connectivity index (χ4n) is 0.620. The van der Waals surface area contributed by atoms with Gasteiger partial charge in [0.25, 0.3) is 5.91 Å². The summed E-state index contributed by atoms with van der Waals surface area (Å²) in [5.74, 6) is -1.18. The summed E-state index contributed by atoms with van der Waals surface area (Å²) in [6.07, 6.45) is 0.919. The van der Waals surface area contributed by atoms with Crippen LogP contribution in [0.3, 0.4) is 0 Å². The molecule has 3 N–H and O–H groups in total. The molecule has 0 aliphatic heterocycles. The van der Waals surface area contributed by atoms with Crippen molar-refractivity contribution >= 4 is 11.9 Å². The third kappa shape index (κ3) is 5.15. The monoisotopic (exact) mass is 202 g/mol. The van der Waals surface area contributed by atoms with Crippen LogP contribution in [0.25, 0.3) is 0 Å². The summed E-state index contributed by atoms with van der Waals surface area (Å²) in [4.78, 5) is 21.8. The Hall–Kier alpha value is -1.56. The minimum absolute atomic E-state index is 0.187. The van der Waals surface area contributed by atoms with Crippen LogP contribution in [-0.4, -0.2) is 39.2 Å². The van der Waals surface area contributed by atoms with Crippen LogP contribution < -0.4 is 11.1 Å². The predicted molar refractivity (Wildman–Crippen MR) is 49.2 cm³/mol. The van der Waals surface area contributed by atoms with Gasteiger partial charge in [-0.3, -0.25) is 4.79 Å². The fourth-order valence-corrected chi connectivity index (χ4v) is 0.620. The Morgan fingerprint density at radius 3 is 2.57 bits per heavy atom. The summed E-state index contributed by atoms with van der Waals surface area (Å²) < 4.78 is 9.00. The molecule has 0 fully saturated rings. The molecule has 0 rings (SSSR count). The lowest BCUT2D eigenvalue weighted by Crippen LogP contribution is -2.31. The Labute approximate surface area is 82.0 Å². The molecule has 0 unspecified atom stereocenters. The molecule has 0 saturated carbocycles. The van der Waals surface area contributed by atoms with Gasteiger partial charge >= 0.3 is 5.97 Å². The van der Waals surface area contributed by atoms with Gasteiger partial charge in [-0.1, -0.05) is 0 Å². The van der Waals surface area contributed by atoms with Gasteiger partial charge in [-0.05, 0) is 0 Å². The molecule has 0 spiro atoms. The number of carbonyl (C=O) groups is 2. The largest absolute Gasteiger partial charge is 0.466 e. The highest BCUT2D eigenvalue weighted by Crippen LogP contribution is 1.86. The van der Waals surface area contributed by atoms with E-state index in [2.05, 4.69) is 10.1 Å². The van der Waals surface area contributed by atoms with E-state index in [1.165, 1.54) is 14.2 Å². The van der Waals surface area contributed by atoms with Crippen molar-refractivity contribution in [1.29, 1.82) is 0 Å². The predicted octanol–water partition coefficient (Wildman–Crippen LogP) is -1.24. The van der Waals surface area contributed by atoms with E-state index in [4.69, 9.17) is 10.5 Å². The molecule has 80 valence electrons. The number of nitrogens with two attached hydrogens (primary N) is 1. The molecule has 0 saturated heterocycles. The Morgan fingerprint density at radius 2 is 2.07 bits per heavy atom. The Bertz CT molecular complexity index is 237. The van der Waals surface area contributed by atoms with Gasteiger partial charge in [0.05, 0.1) is 19.8 Å². The maximum absolute atomic E-state index is 11.1. The number of carbonyl (C=O) groups excluding carboxylic acids is 2. The van der Waals surface area contributed by atoms with Crippen molar-refractivity contribution in [3.63, 3.8) is 0 Å². The summed E-state index contributed by atoms with van der Waals surface area (Å²) >= 11 is 0. The van der Waals surface area contributed by atoms with E-state index in [1.807, 2.05) is 0 Å². The second kappa shape index (κ2) is 6.90. The lowest BCUT2D eigenvalue weighted by atomic mass is 10.4. The molecule has 0 aromatic rings. The molecule has 14 heavy (non-hydrogen) atoms. The van der Waals surface area contributed by atoms with Crippen LogP contribution in [-0.2, 0) is 19.1 Å². The summed E-state index contributed by atoms with van der Waals surface area (Å²) in [7, 11) is 2.72. The maximum Gasteiger partial charge on any atom is 0.332 e. The van der Waals surface area contributed by atoms with Gasteiger partial charge in [-0.25, -0.2) is 4.79 Å². The molecule has 0 heterocycles. The minimum atomic E-state index is -0.663. The molecular weight excluding hydrogens is 188 g/mol. The van der Waals surface area contributed by atoms with E-state index in [9.17, 15) is 9.59 Å². The highest BCUT2D eigenvalue weighted by molar-refractivity contribution is 5.98. The van der Waals surface area contributed by atoms with E-state index in [-0.39, 0.29) is 5.70 Å². The van der Waals surface area contributed by atoms with Crippen molar-refractivity contribution in [3.05, 3.63) is 11.8 Å². The van der Waals surface area contributed by atoms with Gasteiger partial charge in [-0.15, -0.1) is 0 Å². The SMILES string of the molecule is COCCNC(=O)/C(N)=C/C(=O)OC. The number of hydrogen-bond acceptors (Lipinski definition) is 5. The van der Waals surface area contributed by atoms with E-state index < -0.39 is 11.9 Å². The van der Waals surface area contributed by atoms with Gasteiger partial charge in [0.1, 0.15) is 5.70 Å². The number of methoxy groups -OCH3 is 2. The lowest BCUT2D eigenvalue weighted by molar-refractivity contribution is -0.135. The Morgan fingerprint density at radius 1 is 1.43 bits per heavy atom. The van der Waals surface area contributed by atoms with Crippen molar-refractivity contribution in [2.75, 3.05) is 27.4 Å². The average molecular weight is 202 g/mol. The summed E-state index contributed by atoms with van der Waals surface area (Å²) in [5.41, 5.74) is 5.10. The summed E-state index contributed by atoms with van der Waals surface area (Å²) in [5, 5.41) is 2.45. The topological polar surface area (TPSA) is 90.6 Å². The van der Waals surface area contributed by atoms with Crippen molar-refractivity contribution in [2.24, 2.45) is 5.73 Å². The molecule has 0 atom stereocenters. The molecule has 1 amide bonds. The van der Waals surface area contributed by atoms with Crippen LogP contribution in [0.5, 0.6) is 0 Å². The summed E-state index contributed by atoms with van der Waals surface area (Å²) in [6, 6.07) is 0.